The Labute approximate surface area is 187 Å². The van der Waals surface area contributed by atoms with Crippen LogP contribution < -0.4 is 0 Å². The van der Waals surface area contributed by atoms with Crippen molar-refractivity contribution >= 4 is 39.1 Å². The third-order valence-corrected chi connectivity index (χ3v) is 8.23. The summed E-state index contributed by atoms with van der Waals surface area (Å²) in [5.41, 5.74) is 0. The molecule has 10 heteroatoms. The number of fused-ring (bicyclic) bond motifs is 2. The Morgan fingerprint density at radius 1 is 1.17 bits per heavy atom. The minimum atomic E-state index is -4.03. The number of halogens is 2. The van der Waals surface area contributed by atoms with Gasteiger partial charge in [0.1, 0.15) is 6.04 Å². The normalized spacial score (nSPS) is 25.4. The van der Waals surface area contributed by atoms with Gasteiger partial charge in [-0.3, -0.25) is 4.79 Å². The lowest BCUT2D eigenvalue weighted by Crippen LogP contribution is -2.55. The minimum Gasteiger partial charge on any atom is -0.396 e. The smallest absolute Gasteiger partial charge is 0.244 e. The summed E-state index contributed by atoms with van der Waals surface area (Å²) in [6.07, 6.45) is 3.35. The van der Waals surface area contributed by atoms with Gasteiger partial charge in [0.2, 0.25) is 15.9 Å². The summed E-state index contributed by atoms with van der Waals surface area (Å²) >= 11 is 12.1. The van der Waals surface area contributed by atoms with Crippen LogP contribution in [0.4, 0.5) is 0 Å². The molecule has 1 amide bonds. The van der Waals surface area contributed by atoms with Crippen LogP contribution in [0, 0.1) is 5.92 Å². The quantitative estimate of drug-likeness (QED) is 0.580. The zero-order valence-electron chi connectivity index (χ0n) is 17.0. The zero-order valence-corrected chi connectivity index (χ0v) is 19.3. The van der Waals surface area contributed by atoms with Crippen LogP contribution in [0.15, 0.2) is 23.1 Å². The Kier molecular flexibility index (Phi) is 8.03. The van der Waals surface area contributed by atoms with Gasteiger partial charge in [0, 0.05) is 55.4 Å². The largest absolute Gasteiger partial charge is 0.396 e. The first-order valence-corrected chi connectivity index (χ1v) is 12.4. The first-order chi connectivity index (χ1) is 14.3. The lowest BCUT2D eigenvalue weighted by molar-refractivity contribution is -0.135. The molecule has 0 spiro atoms. The molecule has 7 nitrogen and oxygen atoms in total. The third kappa shape index (κ3) is 4.95. The average Bonchev–Trinajstić information content (AvgIpc) is 2.77. The standard InChI is InChI=1S/C20H28Cl2N2O5S/c1-29-8-3-2-7-23-12-14(13-25)18-5-4-6-19(20(23)26)24(18)30(27,28)17-10-15(21)9-16(22)11-17/h9-11,14,18-19,25H,2-8,12-13H2,1H3. The lowest BCUT2D eigenvalue weighted by Gasteiger charge is -2.40. The number of benzene rings is 1. The van der Waals surface area contributed by atoms with Crippen molar-refractivity contribution in [1.82, 2.24) is 9.21 Å². The van der Waals surface area contributed by atoms with E-state index in [1.54, 1.807) is 12.0 Å². The molecule has 0 aromatic heterocycles. The van der Waals surface area contributed by atoms with Crippen LogP contribution in [0.2, 0.25) is 10.0 Å². The molecule has 2 heterocycles. The van der Waals surface area contributed by atoms with E-state index >= 15 is 0 Å². The maximum atomic E-state index is 13.6. The molecule has 2 bridgehead atoms. The fraction of sp³-hybridized carbons (Fsp3) is 0.650. The van der Waals surface area contributed by atoms with Crippen molar-refractivity contribution < 1.29 is 23.1 Å². The SMILES string of the molecule is COCCCCN1CC(CO)C2CCCC(C1=O)N2S(=O)(=O)c1cc(Cl)cc(Cl)c1. The molecule has 0 aliphatic carbocycles. The zero-order chi connectivity index (χ0) is 21.9. The molecular weight excluding hydrogens is 451 g/mol. The van der Waals surface area contributed by atoms with Gasteiger partial charge in [0.25, 0.3) is 0 Å². The fourth-order valence-corrected chi connectivity index (χ4v) is 7.08. The number of carbonyl (C=O) groups excluding carboxylic acids is 1. The molecule has 2 aliphatic heterocycles. The molecule has 1 N–H and O–H groups in total. The van der Waals surface area contributed by atoms with E-state index in [2.05, 4.69) is 0 Å². The predicted molar refractivity (Wildman–Crippen MR) is 115 cm³/mol. The first-order valence-electron chi connectivity index (χ1n) is 10.2. The molecular formula is C20H28Cl2N2O5S. The highest BCUT2D eigenvalue weighted by atomic mass is 35.5. The molecule has 2 aliphatic rings. The molecule has 3 rings (SSSR count). The van der Waals surface area contributed by atoms with Crippen LogP contribution >= 0.6 is 23.2 Å². The number of piperidine rings is 1. The van der Waals surface area contributed by atoms with Gasteiger partial charge in [0.15, 0.2) is 0 Å². The molecule has 0 saturated carbocycles. The molecule has 2 saturated heterocycles. The highest BCUT2D eigenvalue weighted by Gasteiger charge is 2.49. The lowest BCUT2D eigenvalue weighted by atomic mass is 9.91. The van der Waals surface area contributed by atoms with Crippen LogP contribution in [0.5, 0.6) is 0 Å². The molecule has 1 aromatic rings. The van der Waals surface area contributed by atoms with E-state index < -0.39 is 22.1 Å². The van der Waals surface area contributed by atoms with Crippen molar-refractivity contribution in [2.24, 2.45) is 5.92 Å². The van der Waals surface area contributed by atoms with E-state index in [4.69, 9.17) is 27.9 Å². The summed E-state index contributed by atoms with van der Waals surface area (Å²) < 4.78 is 33.6. The molecule has 0 radical (unpaired) electrons. The average molecular weight is 479 g/mol. The second-order valence-corrected chi connectivity index (χ2v) is 10.6. The second-order valence-electron chi connectivity index (χ2n) is 7.88. The minimum absolute atomic E-state index is 0.0325. The van der Waals surface area contributed by atoms with Crippen molar-refractivity contribution in [2.45, 2.75) is 49.1 Å². The van der Waals surface area contributed by atoms with Gasteiger partial charge in [-0.15, -0.1) is 0 Å². The number of amides is 1. The highest BCUT2D eigenvalue weighted by Crippen LogP contribution is 2.38. The van der Waals surface area contributed by atoms with Gasteiger partial charge < -0.3 is 14.7 Å². The number of methoxy groups -OCH3 is 1. The maximum Gasteiger partial charge on any atom is 0.244 e. The van der Waals surface area contributed by atoms with E-state index in [1.807, 2.05) is 0 Å². The van der Waals surface area contributed by atoms with Gasteiger partial charge in [-0.2, -0.15) is 4.31 Å². The molecule has 3 atom stereocenters. The molecule has 1 aromatic carbocycles. The van der Waals surface area contributed by atoms with Crippen molar-refractivity contribution in [1.29, 1.82) is 0 Å². The van der Waals surface area contributed by atoms with E-state index in [-0.39, 0.29) is 33.4 Å². The number of nitrogens with zero attached hydrogens (tertiary/aromatic N) is 2. The number of aliphatic hydroxyl groups excluding tert-OH is 1. The summed E-state index contributed by atoms with van der Waals surface area (Å²) in [6, 6.07) is 2.93. The van der Waals surface area contributed by atoms with E-state index in [1.165, 1.54) is 22.5 Å². The molecule has 168 valence electrons. The summed E-state index contributed by atoms with van der Waals surface area (Å²) in [7, 11) is -2.40. The number of ether oxygens (including phenoxy) is 1. The monoisotopic (exact) mass is 478 g/mol. The maximum absolute atomic E-state index is 13.6. The molecule has 2 fully saturated rings. The van der Waals surface area contributed by atoms with E-state index in [9.17, 15) is 18.3 Å². The number of hydrogen-bond donors (Lipinski definition) is 1. The Balaban J connectivity index is 1.96. The van der Waals surface area contributed by atoms with Gasteiger partial charge in [0.05, 0.1) is 4.90 Å². The topological polar surface area (TPSA) is 87.2 Å². The molecule has 3 unspecified atom stereocenters. The Morgan fingerprint density at radius 3 is 2.50 bits per heavy atom. The van der Waals surface area contributed by atoms with Crippen LogP contribution in [-0.4, -0.2) is 74.1 Å². The van der Waals surface area contributed by atoms with Gasteiger partial charge in [-0.25, -0.2) is 8.42 Å². The number of rotatable bonds is 8. The van der Waals surface area contributed by atoms with Crippen molar-refractivity contribution in [3.8, 4) is 0 Å². The Bertz CT molecular complexity index is 847. The van der Waals surface area contributed by atoms with Gasteiger partial charge in [-0.05, 0) is 50.3 Å². The Morgan fingerprint density at radius 2 is 1.87 bits per heavy atom. The van der Waals surface area contributed by atoms with Crippen LogP contribution in [0.1, 0.15) is 32.1 Å². The van der Waals surface area contributed by atoms with E-state index in [0.29, 0.717) is 32.5 Å². The summed E-state index contributed by atoms with van der Waals surface area (Å²) in [5, 5.41) is 10.5. The van der Waals surface area contributed by atoms with Crippen LogP contribution in [0.25, 0.3) is 0 Å². The number of aliphatic hydroxyl groups is 1. The van der Waals surface area contributed by atoms with Crippen molar-refractivity contribution in [3.05, 3.63) is 28.2 Å². The van der Waals surface area contributed by atoms with Gasteiger partial charge >= 0.3 is 0 Å². The summed E-state index contributed by atoms with van der Waals surface area (Å²) in [6.45, 7) is 1.26. The second kappa shape index (κ2) is 10.1. The third-order valence-electron chi connectivity index (χ3n) is 5.88. The first kappa shape index (κ1) is 23.8. The van der Waals surface area contributed by atoms with E-state index in [0.717, 1.165) is 19.3 Å². The summed E-state index contributed by atoms with van der Waals surface area (Å²) in [4.78, 5) is 15.0. The number of hydrogen-bond acceptors (Lipinski definition) is 5. The number of unbranched alkanes of at least 4 members (excludes halogenated alkanes) is 1. The number of sulfonamides is 1. The fourth-order valence-electron chi connectivity index (χ4n) is 4.46. The van der Waals surface area contributed by atoms with Crippen molar-refractivity contribution in [2.75, 3.05) is 33.4 Å². The predicted octanol–water partition coefficient (Wildman–Crippen LogP) is 2.78. The van der Waals surface area contributed by atoms with Crippen LogP contribution in [-0.2, 0) is 19.6 Å². The van der Waals surface area contributed by atoms with Crippen LogP contribution in [0.3, 0.4) is 0 Å². The highest BCUT2D eigenvalue weighted by molar-refractivity contribution is 7.89. The summed E-state index contributed by atoms with van der Waals surface area (Å²) in [5.74, 6) is -0.559. The number of carbonyl (C=O) groups is 1. The van der Waals surface area contributed by atoms with Crippen molar-refractivity contribution in [3.63, 3.8) is 0 Å². The Hall–Kier alpha value is -0.900. The molecule has 30 heavy (non-hydrogen) atoms. The van der Waals surface area contributed by atoms with Gasteiger partial charge in [-0.1, -0.05) is 23.2 Å².